The van der Waals surface area contributed by atoms with Crippen molar-refractivity contribution in [2.24, 2.45) is 0 Å². The molecule has 0 radical (unpaired) electrons. The van der Waals surface area contributed by atoms with Crippen LogP contribution in [0.15, 0.2) is 41.8 Å². The number of benzene rings is 2. The van der Waals surface area contributed by atoms with E-state index in [1.54, 1.807) is 12.5 Å². The number of carbonyl (C=O) groups is 1. The zero-order chi connectivity index (χ0) is 18.0. The third-order valence-corrected chi connectivity index (χ3v) is 4.35. The Kier molecular flexibility index (Phi) is 4.76. The molecule has 7 heteroatoms. The van der Waals surface area contributed by atoms with Gasteiger partial charge in [0.15, 0.2) is 5.13 Å². The van der Waals surface area contributed by atoms with E-state index in [-0.39, 0.29) is 5.56 Å². The topological polar surface area (TPSA) is 51.2 Å². The molecule has 3 rings (SSSR count). The zero-order valence-corrected chi connectivity index (χ0v) is 14.3. The second-order valence-corrected chi connectivity index (χ2v) is 6.16. The summed E-state index contributed by atoms with van der Waals surface area (Å²) in [6.45, 7) is 1.93. The molecule has 1 heterocycles. The lowest BCUT2D eigenvalue weighted by molar-refractivity contribution is 0.102. The Labute approximate surface area is 147 Å². The van der Waals surface area contributed by atoms with Gasteiger partial charge < -0.3 is 4.74 Å². The van der Waals surface area contributed by atoms with Crippen LogP contribution in [0.5, 0.6) is 5.75 Å². The number of nitrogens with zero attached hydrogens (tertiary/aromatic N) is 1. The summed E-state index contributed by atoms with van der Waals surface area (Å²) in [5.74, 6) is -1.55. The molecular weight excluding hydrogens is 346 g/mol. The van der Waals surface area contributed by atoms with Crippen molar-refractivity contribution >= 4 is 22.4 Å². The molecule has 0 unspecified atom stereocenters. The first-order valence-corrected chi connectivity index (χ1v) is 8.23. The maximum absolute atomic E-state index is 13.7. The summed E-state index contributed by atoms with van der Waals surface area (Å²) >= 11 is 1.22. The molecule has 3 aromatic rings. The molecule has 0 saturated heterocycles. The largest absolute Gasteiger partial charge is 0.496 e. The van der Waals surface area contributed by atoms with E-state index in [0.29, 0.717) is 16.9 Å². The lowest BCUT2D eigenvalue weighted by Crippen LogP contribution is -2.13. The number of amides is 1. The Bertz CT molecular complexity index is 941. The number of thiazole rings is 1. The maximum Gasteiger partial charge on any atom is 0.260 e. The molecule has 25 heavy (non-hydrogen) atoms. The summed E-state index contributed by atoms with van der Waals surface area (Å²) in [7, 11) is 1.60. The number of methoxy groups -OCH3 is 1. The molecule has 0 saturated carbocycles. The van der Waals surface area contributed by atoms with Crippen LogP contribution in [0.1, 0.15) is 15.9 Å². The van der Waals surface area contributed by atoms with Crippen LogP contribution in [0.25, 0.3) is 11.3 Å². The van der Waals surface area contributed by atoms with Crippen molar-refractivity contribution in [2.75, 3.05) is 12.4 Å². The average molecular weight is 360 g/mol. The van der Waals surface area contributed by atoms with Gasteiger partial charge in [-0.15, -0.1) is 11.3 Å². The van der Waals surface area contributed by atoms with Crippen LogP contribution in [0.4, 0.5) is 13.9 Å². The van der Waals surface area contributed by atoms with E-state index in [1.807, 2.05) is 25.1 Å². The van der Waals surface area contributed by atoms with Gasteiger partial charge in [-0.25, -0.2) is 13.8 Å². The first kappa shape index (κ1) is 17.0. The molecule has 4 nitrogen and oxygen atoms in total. The van der Waals surface area contributed by atoms with Gasteiger partial charge in [0, 0.05) is 17.0 Å². The van der Waals surface area contributed by atoms with Crippen LogP contribution < -0.4 is 10.1 Å². The molecule has 1 N–H and O–H groups in total. The number of carbonyl (C=O) groups excluding carboxylic acids is 1. The van der Waals surface area contributed by atoms with Gasteiger partial charge in [-0.3, -0.25) is 10.1 Å². The van der Waals surface area contributed by atoms with Gasteiger partial charge in [0.05, 0.1) is 18.4 Å². The molecule has 0 spiro atoms. The Morgan fingerprint density at radius 3 is 2.68 bits per heavy atom. The van der Waals surface area contributed by atoms with Crippen molar-refractivity contribution in [3.05, 3.63) is 64.5 Å². The molecule has 1 amide bonds. The molecule has 0 bridgehead atoms. The standard InChI is InChI=1S/C18H14F2N2O2S/c1-10-7-11(3-6-16(10)24-2)15-9-25-18(21-15)22-17(23)13-5-4-12(19)8-14(13)20/h3-9H,1-2H3,(H,21,22,23). The highest BCUT2D eigenvalue weighted by atomic mass is 32.1. The van der Waals surface area contributed by atoms with Gasteiger partial charge in [-0.05, 0) is 42.8 Å². The Morgan fingerprint density at radius 1 is 1.20 bits per heavy atom. The van der Waals surface area contributed by atoms with Gasteiger partial charge in [0.2, 0.25) is 0 Å². The number of aryl methyl sites for hydroxylation is 1. The molecule has 1 aromatic heterocycles. The van der Waals surface area contributed by atoms with Crippen LogP contribution in [-0.4, -0.2) is 18.0 Å². The number of rotatable bonds is 4. The number of hydrogen-bond donors (Lipinski definition) is 1. The fourth-order valence-corrected chi connectivity index (χ4v) is 3.05. The summed E-state index contributed by atoms with van der Waals surface area (Å²) in [4.78, 5) is 16.4. The highest BCUT2D eigenvalue weighted by molar-refractivity contribution is 7.14. The molecule has 0 fully saturated rings. The highest BCUT2D eigenvalue weighted by Gasteiger charge is 2.15. The fraction of sp³-hybridized carbons (Fsp3) is 0.111. The normalized spacial score (nSPS) is 10.6. The molecular formula is C18H14F2N2O2S. The van der Waals surface area contributed by atoms with Gasteiger partial charge in [0.25, 0.3) is 5.91 Å². The summed E-state index contributed by atoms with van der Waals surface area (Å²) in [6, 6.07) is 8.44. The average Bonchev–Trinajstić information content (AvgIpc) is 3.03. The summed E-state index contributed by atoms with van der Waals surface area (Å²) < 4.78 is 31.8. The molecule has 0 atom stereocenters. The van der Waals surface area contributed by atoms with Gasteiger partial charge in [-0.2, -0.15) is 0 Å². The monoisotopic (exact) mass is 360 g/mol. The molecule has 128 valence electrons. The third kappa shape index (κ3) is 3.66. The lowest BCUT2D eigenvalue weighted by atomic mass is 10.1. The van der Waals surface area contributed by atoms with Crippen LogP contribution in [0, 0.1) is 18.6 Å². The van der Waals surface area contributed by atoms with Crippen molar-refractivity contribution in [3.8, 4) is 17.0 Å². The van der Waals surface area contributed by atoms with Crippen molar-refractivity contribution < 1.29 is 18.3 Å². The van der Waals surface area contributed by atoms with Gasteiger partial charge in [0.1, 0.15) is 17.4 Å². The highest BCUT2D eigenvalue weighted by Crippen LogP contribution is 2.29. The predicted molar refractivity (Wildman–Crippen MR) is 93.2 cm³/mol. The van der Waals surface area contributed by atoms with Gasteiger partial charge in [-0.1, -0.05) is 0 Å². The van der Waals surface area contributed by atoms with E-state index in [0.717, 1.165) is 29.0 Å². The number of nitrogens with one attached hydrogen (secondary N) is 1. The van der Waals surface area contributed by atoms with E-state index in [2.05, 4.69) is 10.3 Å². The maximum atomic E-state index is 13.7. The van der Waals surface area contributed by atoms with E-state index >= 15 is 0 Å². The number of anilines is 1. The Hall–Kier alpha value is -2.80. The number of aromatic nitrogens is 1. The van der Waals surface area contributed by atoms with E-state index in [4.69, 9.17) is 4.74 Å². The van der Waals surface area contributed by atoms with E-state index in [9.17, 15) is 13.6 Å². The summed E-state index contributed by atoms with van der Waals surface area (Å²) in [5.41, 5.74) is 2.29. The molecule has 0 aliphatic carbocycles. The molecule has 2 aromatic carbocycles. The SMILES string of the molecule is COc1ccc(-c2csc(NC(=O)c3ccc(F)cc3F)n2)cc1C. The number of halogens is 2. The minimum absolute atomic E-state index is 0.238. The minimum Gasteiger partial charge on any atom is -0.496 e. The third-order valence-electron chi connectivity index (χ3n) is 3.59. The smallest absolute Gasteiger partial charge is 0.260 e. The quantitative estimate of drug-likeness (QED) is 0.736. The first-order chi connectivity index (χ1) is 12.0. The molecule has 0 aliphatic rings. The van der Waals surface area contributed by atoms with Crippen molar-refractivity contribution in [3.63, 3.8) is 0 Å². The van der Waals surface area contributed by atoms with Crippen LogP contribution >= 0.6 is 11.3 Å². The van der Waals surface area contributed by atoms with E-state index < -0.39 is 17.5 Å². The number of hydrogen-bond acceptors (Lipinski definition) is 4. The van der Waals surface area contributed by atoms with Crippen LogP contribution in [-0.2, 0) is 0 Å². The van der Waals surface area contributed by atoms with Gasteiger partial charge >= 0.3 is 0 Å². The second-order valence-electron chi connectivity index (χ2n) is 5.30. The number of ether oxygens (including phenoxy) is 1. The first-order valence-electron chi connectivity index (χ1n) is 7.35. The summed E-state index contributed by atoms with van der Waals surface area (Å²) in [5, 5.41) is 4.65. The molecule has 0 aliphatic heterocycles. The summed E-state index contributed by atoms with van der Waals surface area (Å²) in [6.07, 6.45) is 0. The van der Waals surface area contributed by atoms with E-state index in [1.165, 1.54) is 11.3 Å². The van der Waals surface area contributed by atoms with Crippen molar-refractivity contribution in [1.29, 1.82) is 0 Å². The Morgan fingerprint density at radius 2 is 2.00 bits per heavy atom. The minimum atomic E-state index is -0.917. The fourth-order valence-electron chi connectivity index (χ4n) is 2.34. The van der Waals surface area contributed by atoms with Crippen LogP contribution in [0.2, 0.25) is 0 Å². The van der Waals surface area contributed by atoms with Crippen molar-refractivity contribution in [2.45, 2.75) is 6.92 Å². The van der Waals surface area contributed by atoms with Crippen molar-refractivity contribution in [1.82, 2.24) is 4.98 Å². The Balaban J connectivity index is 1.79. The lowest BCUT2D eigenvalue weighted by Gasteiger charge is -2.06. The predicted octanol–water partition coefficient (Wildman–Crippen LogP) is 4.66. The second kappa shape index (κ2) is 6.98. The van der Waals surface area contributed by atoms with Crippen LogP contribution in [0.3, 0.4) is 0 Å². The zero-order valence-electron chi connectivity index (χ0n) is 13.5.